The van der Waals surface area contributed by atoms with E-state index in [0.717, 1.165) is 6.42 Å². The molecule has 0 radical (unpaired) electrons. The molecular weight excluding hydrogens is 259 g/mol. The minimum atomic E-state index is 0.120. The highest BCUT2D eigenvalue weighted by Crippen LogP contribution is 2.48. The molecule has 0 heterocycles. The highest BCUT2D eigenvalue weighted by Gasteiger charge is 2.45. The molecule has 1 aliphatic rings. The van der Waals surface area contributed by atoms with Gasteiger partial charge in [-0.3, -0.25) is 14.8 Å². The van der Waals surface area contributed by atoms with Crippen molar-refractivity contribution in [2.24, 2.45) is 0 Å². The van der Waals surface area contributed by atoms with Crippen molar-refractivity contribution in [2.45, 2.75) is 37.6 Å². The van der Waals surface area contributed by atoms with Gasteiger partial charge >= 0.3 is 0 Å². The van der Waals surface area contributed by atoms with Crippen molar-refractivity contribution in [3.05, 3.63) is 35.4 Å². The van der Waals surface area contributed by atoms with Gasteiger partial charge in [0.2, 0.25) is 0 Å². The fourth-order valence-corrected chi connectivity index (χ4v) is 3.29. The lowest BCUT2D eigenvalue weighted by Gasteiger charge is -2.50. The van der Waals surface area contributed by atoms with Gasteiger partial charge in [-0.2, -0.15) is 0 Å². The molecule has 0 aliphatic heterocycles. The molecule has 0 bridgehead atoms. The van der Waals surface area contributed by atoms with Gasteiger partial charge in [0.05, 0.1) is 13.7 Å². The maximum Gasteiger partial charge on any atom is 0.0727 e. The minimum absolute atomic E-state index is 0.120. The summed E-state index contributed by atoms with van der Waals surface area (Å²) in [6, 6.07) is 8.85. The fourth-order valence-electron chi connectivity index (χ4n) is 2.80. The van der Waals surface area contributed by atoms with Crippen LogP contribution in [0.25, 0.3) is 0 Å². The normalized spacial score (nSPS) is 26.2. The second-order valence-electron chi connectivity index (χ2n) is 5.19. The molecule has 2 unspecified atom stereocenters. The first-order valence-electron chi connectivity index (χ1n) is 6.66. The highest BCUT2D eigenvalue weighted by atomic mass is 31.0. The Balaban J connectivity index is 1.98. The molecular formula is C14H23N2O2P. The van der Waals surface area contributed by atoms with Crippen LogP contribution >= 0.6 is 9.39 Å². The van der Waals surface area contributed by atoms with E-state index in [1.54, 1.807) is 7.11 Å². The predicted molar refractivity (Wildman–Crippen MR) is 79.4 cm³/mol. The average Bonchev–Trinajstić information content (AvgIpc) is 2.40. The summed E-state index contributed by atoms with van der Waals surface area (Å²) >= 11 is 0. The molecule has 106 valence electrons. The summed E-state index contributed by atoms with van der Waals surface area (Å²) in [4.78, 5) is 9.87. The number of benzene rings is 1. The standard InChI is InChI=1S/C14H23N2O2P/c1-11-3-5-12(6-4-11)13-7-8-14(13,15-19)9-10-18-16-17-2/h3-6,13,15-16H,7-10,19H2,1-2H3/t13?,14-/m1/s1. The molecule has 2 rings (SSSR count). The van der Waals surface area contributed by atoms with Crippen LogP contribution in [0.1, 0.15) is 36.3 Å². The quantitative estimate of drug-likeness (QED) is 0.458. The van der Waals surface area contributed by atoms with E-state index in [4.69, 9.17) is 4.84 Å². The predicted octanol–water partition coefficient (Wildman–Crippen LogP) is 2.46. The number of nitrogens with one attached hydrogen (secondary N) is 2. The molecule has 19 heavy (non-hydrogen) atoms. The Labute approximate surface area is 117 Å². The van der Waals surface area contributed by atoms with Crippen LogP contribution < -0.4 is 10.7 Å². The van der Waals surface area contributed by atoms with Crippen LogP contribution in [0.2, 0.25) is 0 Å². The van der Waals surface area contributed by atoms with E-state index in [1.807, 2.05) is 0 Å². The maximum absolute atomic E-state index is 5.20. The Kier molecular flexibility index (Phi) is 5.31. The van der Waals surface area contributed by atoms with Gasteiger partial charge in [-0.15, -0.1) is 0 Å². The second kappa shape index (κ2) is 6.78. The van der Waals surface area contributed by atoms with Gasteiger partial charge in [-0.05, 0) is 31.7 Å². The summed E-state index contributed by atoms with van der Waals surface area (Å²) in [5.41, 5.74) is 5.26. The summed E-state index contributed by atoms with van der Waals surface area (Å²) in [6.07, 6.45) is 3.35. The van der Waals surface area contributed by atoms with E-state index in [9.17, 15) is 0 Å². The molecule has 5 heteroatoms. The third-order valence-corrected chi connectivity index (χ3v) is 4.68. The summed E-state index contributed by atoms with van der Waals surface area (Å²) in [7, 11) is 4.21. The molecule has 4 nitrogen and oxygen atoms in total. The van der Waals surface area contributed by atoms with Crippen LogP contribution in [0.5, 0.6) is 0 Å². The SMILES string of the molecule is CONOCC[C@]1(NP)CCC1c1ccc(C)cc1. The third kappa shape index (κ3) is 3.33. The van der Waals surface area contributed by atoms with Crippen LogP contribution in [0.3, 0.4) is 0 Å². The zero-order valence-corrected chi connectivity index (χ0v) is 12.8. The van der Waals surface area contributed by atoms with Crippen molar-refractivity contribution in [3.8, 4) is 0 Å². The smallest absolute Gasteiger partial charge is 0.0727 e. The topological polar surface area (TPSA) is 42.5 Å². The monoisotopic (exact) mass is 282 g/mol. The molecule has 1 aromatic rings. The van der Waals surface area contributed by atoms with Crippen molar-refractivity contribution >= 4 is 9.39 Å². The number of aryl methyl sites for hydroxylation is 1. The number of hydrogen-bond donors (Lipinski definition) is 2. The first-order chi connectivity index (χ1) is 9.22. The Hall–Kier alpha value is -0.510. The minimum Gasteiger partial charge on any atom is -0.294 e. The zero-order chi connectivity index (χ0) is 13.7. The van der Waals surface area contributed by atoms with E-state index in [0.29, 0.717) is 12.5 Å². The van der Waals surface area contributed by atoms with Gasteiger partial charge in [-0.1, -0.05) is 44.9 Å². The molecule has 1 aromatic carbocycles. The number of hydrogen-bond acceptors (Lipinski definition) is 4. The van der Waals surface area contributed by atoms with Crippen molar-refractivity contribution in [1.82, 2.24) is 10.7 Å². The maximum atomic E-state index is 5.20. The lowest BCUT2D eigenvalue weighted by molar-refractivity contribution is -0.156. The van der Waals surface area contributed by atoms with E-state index in [1.165, 1.54) is 24.0 Å². The molecule has 3 atom stereocenters. The van der Waals surface area contributed by atoms with Gasteiger partial charge in [0.1, 0.15) is 0 Å². The van der Waals surface area contributed by atoms with Crippen LogP contribution in [0, 0.1) is 6.92 Å². The molecule has 1 saturated carbocycles. The third-order valence-electron chi connectivity index (χ3n) is 4.11. The molecule has 0 spiro atoms. The van der Waals surface area contributed by atoms with Crippen LogP contribution in [-0.4, -0.2) is 19.3 Å². The molecule has 1 fully saturated rings. The van der Waals surface area contributed by atoms with E-state index >= 15 is 0 Å². The van der Waals surface area contributed by atoms with Crippen LogP contribution in [0.4, 0.5) is 0 Å². The largest absolute Gasteiger partial charge is 0.294 e. The van der Waals surface area contributed by atoms with Crippen molar-refractivity contribution in [2.75, 3.05) is 13.7 Å². The Bertz CT molecular complexity index is 395. The average molecular weight is 282 g/mol. The van der Waals surface area contributed by atoms with Gasteiger partial charge in [0.25, 0.3) is 0 Å². The van der Waals surface area contributed by atoms with Crippen LogP contribution in [-0.2, 0) is 9.68 Å². The fraction of sp³-hybridized carbons (Fsp3) is 0.571. The summed E-state index contributed by atoms with van der Waals surface area (Å²) in [6.45, 7) is 2.74. The lowest BCUT2D eigenvalue weighted by atomic mass is 9.62. The molecule has 1 aliphatic carbocycles. The lowest BCUT2D eigenvalue weighted by Crippen LogP contribution is -2.54. The molecule has 0 saturated heterocycles. The van der Waals surface area contributed by atoms with E-state index < -0.39 is 0 Å². The summed E-state index contributed by atoms with van der Waals surface area (Å²) in [5.74, 6) is 0.553. The first kappa shape index (κ1) is 14.9. The Morgan fingerprint density at radius 2 is 2.11 bits per heavy atom. The summed E-state index contributed by atoms with van der Waals surface area (Å²) in [5, 5.41) is 3.42. The van der Waals surface area contributed by atoms with Gasteiger partial charge in [-0.25, -0.2) is 0 Å². The van der Waals surface area contributed by atoms with Crippen molar-refractivity contribution in [1.29, 1.82) is 0 Å². The van der Waals surface area contributed by atoms with Crippen molar-refractivity contribution in [3.63, 3.8) is 0 Å². The van der Waals surface area contributed by atoms with E-state index in [-0.39, 0.29) is 5.54 Å². The van der Waals surface area contributed by atoms with Gasteiger partial charge in [0.15, 0.2) is 0 Å². The molecule has 0 amide bonds. The van der Waals surface area contributed by atoms with Crippen molar-refractivity contribution < 1.29 is 9.68 Å². The molecule has 0 aromatic heterocycles. The second-order valence-corrected chi connectivity index (χ2v) is 5.48. The first-order valence-corrected chi connectivity index (χ1v) is 7.24. The van der Waals surface area contributed by atoms with Crippen LogP contribution in [0.15, 0.2) is 24.3 Å². The van der Waals surface area contributed by atoms with Gasteiger partial charge in [0, 0.05) is 11.5 Å². The Morgan fingerprint density at radius 3 is 2.63 bits per heavy atom. The van der Waals surface area contributed by atoms with Gasteiger partial charge < -0.3 is 0 Å². The zero-order valence-electron chi connectivity index (χ0n) is 11.6. The van der Waals surface area contributed by atoms with E-state index in [2.05, 4.69) is 56.1 Å². The molecule has 2 N–H and O–H groups in total. The number of rotatable bonds is 7. The summed E-state index contributed by atoms with van der Waals surface area (Å²) < 4.78 is 0. The Morgan fingerprint density at radius 1 is 1.37 bits per heavy atom. The highest BCUT2D eigenvalue weighted by molar-refractivity contribution is 7.13.